The molecule has 4 rings (SSSR count). The summed E-state index contributed by atoms with van der Waals surface area (Å²) in [4.78, 5) is 33.3. The molecule has 0 aliphatic carbocycles. The van der Waals surface area contributed by atoms with Crippen molar-refractivity contribution in [2.75, 3.05) is 14.2 Å². The summed E-state index contributed by atoms with van der Waals surface area (Å²) in [5.41, 5.74) is 8.26. The predicted molar refractivity (Wildman–Crippen MR) is 144 cm³/mol. The highest BCUT2D eigenvalue weighted by atomic mass is 16.5. The second-order valence-electron chi connectivity index (χ2n) is 7.82. The largest absolute Gasteiger partial charge is 0.497 e. The van der Waals surface area contributed by atoms with Crippen molar-refractivity contribution in [2.24, 2.45) is 10.2 Å². The number of rotatable bonds is 9. The first kappa shape index (κ1) is 25.7. The summed E-state index contributed by atoms with van der Waals surface area (Å²) in [6.07, 6.45) is 5.91. The fourth-order valence-corrected chi connectivity index (χ4v) is 3.26. The van der Waals surface area contributed by atoms with Crippen LogP contribution in [0, 0.1) is 0 Å². The molecule has 2 aromatic heterocycles. The van der Waals surface area contributed by atoms with Gasteiger partial charge in [0.1, 0.15) is 11.5 Å². The van der Waals surface area contributed by atoms with Gasteiger partial charge in [-0.05, 0) is 59.7 Å². The zero-order valence-electron chi connectivity index (χ0n) is 20.7. The summed E-state index contributed by atoms with van der Waals surface area (Å²) in [5, 5.41) is 7.95. The number of benzene rings is 2. The lowest BCUT2D eigenvalue weighted by Crippen LogP contribution is -2.18. The first-order valence-corrected chi connectivity index (χ1v) is 11.4. The number of aromatic nitrogens is 2. The number of amides is 2. The maximum absolute atomic E-state index is 12.4. The number of nitrogens with zero attached hydrogens (tertiary/aromatic N) is 4. The van der Waals surface area contributed by atoms with Gasteiger partial charge in [-0.25, -0.2) is 10.9 Å². The van der Waals surface area contributed by atoms with Gasteiger partial charge >= 0.3 is 0 Å². The molecule has 0 radical (unpaired) electrons. The molecule has 4 aromatic rings. The summed E-state index contributed by atoms with van der Waals surface area (Å²) in [6, 6.07) is 21.1. The van der Waals surface area contributed by atoms with E-state index in [4.69, 9.17) is 9.47 Å². The number of methoxy groups -OCH3 is 2. The van der Waals surface area contributed by atoms with E-state index < -0.39 is 11.8 Å². The van der Waals surface area contributed by atoms with Crippen molar-refractivity contribution < 1.29 is 19.1 Å². The van der Waals surface area contributed by atoms with Gasteiger partial charge in [-0.3, -0.25) is 19.6 Å². The molecule has 0 aliphatic heterocycles. The molecule has 0 aliphatic rings. The summed E-state index contributed by atoms with van der Waals surface area (Å²) in [7, 11) is 3.16. The Bertz CT molecular complexity index is 1350. The van der Waals surface area contributed by atoms with E-state index in [0.717, 1.165) is 11.1 Å². The van der Waals surface area contributed by atoms with Crippen LogP contribution in [0.15, 0.2) is 95.4 Å². The van der Waals surface area contributed by atoms with Crippen LogP contribution in [-0.2, 0) is 0 Å². The highest BCUT2D eigenvalue weighted by Gasteiger charge is 2.09. The fourth-order valence-electron chi connectivity index (χ4n) is 3.26. The molecule has 10 heteroatoms. The molecule has 2 amide bonds. The Balaban J connectivity index is 1.32. The summed E-state index contributed by atoms with van der Waals surface area (Å²) in [5.74, 6) is 0.580. The summed E-state index contributed by atoms with van der Waals surface area (Å²) in [6.45, 7) is 0. The average molecular weight is 509 g/mol. The molecule has 0 saturated carbocycles. The highest BCUT2D eigenvalue weighted by Crippen LogP contribution is 2.15. The van der Waals surface area contributed by atoms with Gasteiger partial charge in [0, 0.05) is 12.4 Å². The summed E-state index contributed by atoms with van der Waals surface area (Å²) < 4.78 is 10.3. The Morgan fingerprint density at radius 1 is 0.684 bits per heavy atom. The number of carbonyl (C=O) groups excluding carboxylic acids is 2. The van der Waals surface area contributed by atoms with Gasteiger partial charge in [0.05, 0.1) is 49.2 Å². The lowest BCUT2D eigenvalue weighted by molar-refractivity contribution is 0.0946. The molecule has 0 spiro atoms. The highest BCUT2D eigenvalue weighted by molar-refractivity contribution is 5.95. The Morgan fingerprint density at radius 2 is 1.13 bits per heavy atom. The lowest BCUT2D eigenvalue weighted by Gasteiger charge is -2.04. The van der Waals surface area contributed by atoms with Gasteiger partial charge in [0.15, 0.2) is 0 Å². The van der Waals surface area contributed by atoms with Crippen LogP contribution < -0.4 is 20.3 Å². The molecule has 0 unspecified atom stereocenters. The Kier molecular flexibility index (Phi) is 8.48. The van der Waals surface area contributed by atoms with Crippen LogP contribution in [0.3, 0.4) is 0 Å². The van der Waals surface area contributed by atoms with E-state index in [1.165, 1.54) is 24.8 Å². The van der Waals surface area contributed by atoms with Gasteiger partial charge in [0.2, 0.25) is 0 Å². The molecule has 2 heterocycles. The first-order chi connectivity index (χ1) is 18.6. The zero-order chi connectivity index (χ0) is 26.7. The standard InChI is InChI=1S/C28H24N6O4/c1-37-23-7-3-5-19(13-23)15-31-33-27(35)21-9-11-25(29-17-21)26-12-10-22(18-30-26)28(36)34-32-16-20-6-4-8-24(14-20)38-2/h3-18H,1-2H3,(H,33,35)(H,34,36)/b31-15+,32-16+. The van der Waals surface area contributed by atoms with Crippen molar-refractivity contribution in [3.05, 3.63) is 107 Å². The van der Waals surface area contributed by atoms with E-state index in [1.54, 1.807) is 50.6 Å². The van der Waals surface area contributed by atoms with E-state index in [1.807, 2.05) is 36.4 Å². The number of hydrogen-bond acceptors (Lipinski definition) is 8. The van der Waals surface area contributed by atoms with Crippen molar-refractivity contribution in [3.8, 4) is 22.9 Å². The van der Waals surface area contributed by atoms with Gasteiger partial charge in [-0.2, -0.15) is 10.2 Å². The van der Waals surface area contributed by atoms with Crippen molar-refractivity contribution in [2.45, 2.75) is 0 Å². The van der Waals surface area contributed by atoms with Gasteiger partial charge in [0.25, 0.3) is 11.8 Å². The van der Waals surface area contributed by atoms with E-state index in [0.29, 0.717) is 34.0 Å². The molecule has 0 bridgehead atoms. The number of carbonyl (C=O) groups is 2. The Morgan fingerprint density at radius 3 is 1.50 bits per heavy atom. The van der Waals surface area contributed by atoms with Gasteiger partial charge in [-0.1, -0.05) is 24.3 Å². The van der Waals surface area contributed by atoms with Gasteiger partial charge in [-0.15, -0.1) is 0 Å². The maximum Gasteiger partial charge on any atom is 0.272 e. The van der Waals surface area contributed by atoms with Crippen LogP contribution in [-0.4, -0.2) is 48.4 Å². The minimum Gasteiger partial charge on any atom is -0.497 e. The van der Waals surface area contributed by atoms with E-state index >= 15 is 0 Å². The molecule has 190 valence electrons. The number of hydrogen-bond donors (Lipinski definition) is 2. The molecular weight excluding hydrogens is 484 g/mol. The number of hydrazone groups is 2. The number of ether oxygens (including phenoxy) is 2. The van der Waals surface area contributed by atoms with E-state index in [2.05, 4.69) is 31.0 Å². The SMILES string of the molecule is COc1cccc(/C=N/NC(=O)c2ccc(-c3ccc(C(=O)N/N=C/c4cccc(OC)c4)cn3)nc2)c1. The van der Waals surface area contributed by atoms with Crippen molar-refractivity contribution >= 4 is 24.2 Å². The lowest BCUT2D eigenvalue weighted by atomic mass is 10.2. The third-order valence-electron chi connectivity index (χ3n) is 5.26. The smallest absolute Gasteiger partial charge is 0.272 e. The minimum atomic E-state index is -0.405. The molecule has 2 aromatic carbocycles. The van der Waals surface area contributed by atoms with E-state index in [-0.39, 0.29) is 0 Å². The van der Waals surface area contributed by atoms with Crippen molar-refractivity contribution in [1.29, 1.82) is 0 Å². The van der Waals surface area contributed by atoms with Crippen LogP contribution in [0.1, 0.15) is 31.8 Å². The van der Waals surface area contributed by atoms with Crippen LogP contribution >= 0.6 is 0 Å². The molecule has 2 N–H and O–H groups in total. The minimum absolute atomic E-state index is 0.335. The molecular formula is C28H24N6O4. The third kappa shape index (κ3) is 6.85. The van der Waals surface area contributed by atoms with Crippen molar-refractivity contribution in [1.82, 2.24) is 20.8 Å². The fraction of sp³-hybridized carbons (Fsp3) is 0.0714. The second kappa shape index (κ2) is 12.5. The molecule has 10 nitrogen and oxygen atoms in total. The average Bonchev–Trinajstić information content (AvgIpc) is 2.97. The normalized spacial score (nSPS) is 10.9. The van der Waals surface area contributed by atoms with Crippen LogP contribution in [0.4, 0.5) is 0 Å². The topological polar surface area (TPSA) is 127 Å². The predicted octanol–water partition coefficient (Wildman–Crippen LogP) is 3.69. The Hall–Kier alpha value is -5.38. The van der Waals surface area contributed by atoms with Crippen molar-refractivity contribution in [3.63, 3.8) is 0 Å². The molecule has 0 saturated heterocycles. The van der Waals surface area contributed by atoms with E-state index in [9.17, 15) is 9.59 Å². The number of pyridine rings is 2. The van der Waals surface area contributed by atoms with Gasteiger partial charge < -0.3 is 9.47 Å². The molecule has 0 atom stereocenters. The van der Waals surface area contributed by atoms with Crippen LogP contribution in [0.25, 0.3) is 11.4 Å². The maximum atomic E-state index is 12.4. The van der Waals surface area contributed by atoms with Crippen LogP contribution in [0.2, 0.25) is 0 Å². The van der Waals surface area contributed by atoms with Crippen LogP contribution in [0.5, 0.6) is 11.5 Å². The zero-order valence-corrected chi connectivity index (χ0v) is 20.7. The summed E-state index contributed by atoms with van der Waals surface area (Å²) >= 11 is 0. The Labute approximate surface area is 219 Å². The molecule has 38 heavy (non-hydrogen) atoms. The molecule has 0 fully saturated rings. The number of nitrogens with one attached hydrogen (secondary N) is 2. The first-order valence-electron chi connectivity index (χ1n) is 11.4. The quantitative estimate of drug-likeness (QED) is 0.262. The second-order valence-corrected chi connectivity index (χ2v) is 7.82. The third-order valence-corrected chi connectivity index (χ3v) is 5.26. The monoisotopic (exact) mass is 508 g/mol.